The summed E-state index contributed by atoms with van der Waals surface area (Å²) < 4.78 is 37.0. The Bertz CT molecular complexity index is 401. The molecule has 2 nitrogen and oxygen atoms in total. The van der Waals surface area contributed by atoms with Crippen molar-refractivity contribution in [1.82, 2.24) is 4.98 Å². The summed E-state index contributed by atoms with van der Waals surface area (Å²) >= 11 is 0. The standard InChI is InChI=1S/C12H14F3NO/c1-2-3-8-6-11(8,17)10-5-4-9(7-16-10)12(13,14)15/h4-5,7-8,17H,2-3,6H2,1H3. The first kappa shape index (κ1) is 12.4. The van der Waals surface area contributed by atoms with Gasteiger partial charge < -0.3 is 5.11 Å². The molecular weight excluding hydrogens is 231 g/mol. The number of rotatable bonds is 3. The second-order valence-electron chi connectivity index (χ2n) is 4.54. The van der Waals surface area contributed by atoms with Crippen molar-refractivity contribution in [3.8, 4) is 0 Å². The molecule has 17 heavy (non-hydrogen) atoms. The molecule has 0 bridgehead atoms. The quantitative estimate of drug-likeness (QED) is 0.887. The molecule has 0 spiro atoms. The van der Waals surface area contributed by atoms with Crippen molar-refractivity contribution in [2.75, 3.05) is 0 Å². The van der Waals surface area contributed by atoms with Gasteiger partial charge >= 0.3 is 6.18 Å². The van der Waals surface area contributed by atoms with Gasteiger partial charge in [-0.25, -0.2) is 0 Å². The highest BCUT2D eigenvalue weighted by Gasteiger charge is 2.54. The van der Waals surface area contributed by atoms with Crippen molar-refractivity contribution < 1.29 is 18.3 Å². The highest BCUT2D eigenvalue weighted by atomic mass is 19.4. The topological polar surface area (TPSA) is 33.1 Å². The highest BCUT2D eigenvalue weighted by molar-refractivity contribution is 5.26. The molecule has 1 N–H and O–H groups in total. The zero-order valence-corrected chi connectivity index (χ0v) is 9.46. The summed E-state index contributed by atoms with van der Waals surface area (Å²) in [6, 6.07) is 2.25. The molecule has 1 aliphatic rings. The minimum absolute atomic E-state index is 0.136. The van der Waals surface area contributed by atoms with Crippen LogP contribution in [0.3, 0.4) is 0 Å². The SMILES string of the molecule is CCCC1CC1(O)c1ccc(C(F)(F)F)cn1. The van der Waals surface area contributed by atoms with Gasteiger partial charge in [-0.1, -0.05) is 13.3 Å². The average Bonchev–Trinajstić information content (AvgIpc) is 2.91. The lowest BCUT2D eigenvalue weighted by atomic mass is 10.1. The fourth-order valence-corrected chi connectivity index (χ4v) is 2.14. The molecule has 2 atom stereocenters. The molecule has 1 fully saturated rings. The van der Waals surface area contributed by atoms with Crippen LogP contribution in [0.5, 0.6) is 0 Å². The van der Waals surface area contributed by atoms with Crippen LogP contribution in [0.2, 0.25) is 0 Å². The van der Waals surface area contributed by atoms with Gasteiger partial charge in [-0.2, -0.15) is 13.2 Å². The van der Waals surface area contributed by atoms with Crippen LogP contribution in [-0.4, -0.2) is 10.1 Å². The van der Waals surface area contributed by atoms with Gasteiger partial charge in [0.05, 0.1) is 11.3 Å². The van der Waals surface area contributed by atoms with Crippen molar-refractivity contribution in [2.45, 2.75) is 38.0 Å². The Kier molecular flexibility index (Phi) is 2.89. The summed E-state index contributed by atoms with van der Waals surface area (Å²) in [6.45, 7) is 2.01. The van der Waals surface area contributed by atoms with Crippen LogP contribution in [0.1, 0.15) is 37.4 Å². The molecule has 0 aliphatic heterocycles. The third-order valence-electron chi connectivity index (χ3n) is 3.24. The van der Waals surface area contributed by atoms with Gasteiger partial charge in [0, 0.05) is 6.20 Å². The van der Waals surface area contributed by atoms with Gasteiger partial charge in [0.2, 0.25) is 0 Å². The smallest absolute Gasteiger partial charge is 0.383 e. The van der Waals surface area contributed by atoms with Crippen LogP contribution in [0.15, 0.2) is 18.3 Å². The summed E-state index contributed by atoms with van der Waals surface area (Å²) in [6.07, 6.45) is -1.17. The van der Waals surface area contributed by atoms with Crippen LogP contribution < -0.4 is 0 Å². The van der Waals surface area contributed by atoms with Gasteiger partial charge in [0.1, 0.15) is 5.60 Å². The minimum atomic E-state index is -4.37. The molecule has 2 rings (SSSR count). The molecule has 2 unspecified atom stereocenters. The number of hydrogen-bond acceptors (Lipinski definition) is 2. The van der Waals surface area contributed by atoms with Gasteiger partial charge in [0.15, 0.2) is 0 Å². The van der Waals surface area contributed by atoms with E-state index in [1.165, 1.54) is 6.07 Å². The Labute approximate surface area is 97.5 Å². The summed E-state index contributed by atoms with van der Waals surface area (Å²) in [7, 11) is 0. The van der Waals surface area contributed by atoms with Crippen molar-refractivity contribution in [3.05, 3.63) is 29.6 Å². The van der Waals surface area contributed by atoms with E-state index in [4.69, 9.17) is 0 Å². The monoisotopic (exact) mass is 245 g/mol. The van der Waals surface area contributed by atoms with E-state index in [0.717, 1.165) is 25.1 Å². The van der Waals surface area contributed by atoms with Gasteiger partial charge in [-0.15, -0.1) is 0 Å². The number of aromatic nitrogens is 1. The lowest BCUT2D eigenvalue weighted by Crippen LogP contribution is -2.13. The van der Waals surface area contributed by atoms with Gasteiger partial charge in [0.25, 0.3) is 0 Å². The highest BCUT2D eigenvalue weighted by Crippen LogP contribution is 2.53. The van der Waals surface area contributed by atoms with Crippen LogP contribution in [0.4, 0.5) is 13.2 Å². The Balaban J connectivity index is 2.15. The molecule has 94 valence electrons. The van der Waals surface area contributed by atoms with E-state index in [1.807, 2.05) is 6.92 Å². The number of hydrogen-bond donors (Lipinski definition) is 1. The Morgan fingerprint density at radius 2 is 2.18 bits per heavy atom. The maximum atomic E-state index is 12.3. The van der Waals surface area contributed by atoms with E-state index in [9.17, 15) is 18.3 Å². The lowest BCUT2D eigenvalue weighted by Gasteiger charge is -2.11. The molecule has 0 amide bonds. The fourth-order valence-electron chi connectivity index (χ4n) is 2.14. The number of aliphatic hydroxyl groups is 1. The van der Waals surface area contributed by atoms with Crippen LogP contribution in [0, 0.1) is 5.92 Å². The second kappa shape index (κ2) is 3.98. The predicted octanol–water partition coefficient (Wildman–Crippen LogP) is 3.11. The van der Waals surface area contributed by atoms with E-state index < -0.39 is 17.3 Å². The average molecular weight is 245 g/mol. The molecule has 0 radical (unpaired) electrons. The number of halogens is 3. The zero-order valence-electron chi connectivity index (χ0n) is 9.46. The van der Waals surface area contributed by atoms with Gasteiger partial charge in [-0.3, -0.25) is 4.98 Å². The molecule has 0 aromatic carbocycles. The van der Waals surface area contributed by atoms with Crippen molar-refractivity contribution in [3.63, 3.8) is 0 Å². The maximum Gasteiger partial charge on any atom is 0.417 e. The van der Waals surface area contributed by atoms with Gasteiger partial charge in [-0.05, 0) is 30.9 Å². The van der Waals surface area contributed by atoms with Crippen molar-refractivity contribution in [2.24, 2.45) is 5.92 Å². The first-order chi connectivity index (χ1) is 7.88. The van der Waals surface area contributed by atoms with E-state index in [1.54, 1.807) is 0 Å². The Hall–Kier alpha value is -1.10. The first-order valence-electron chi connectivity index (χ1n) is 5.64. The van der Waals surface area contributed by atoms with Crippen molar-refractivity contribution in [1.29, 1.82) is 0 Å². The first-order valence-corrected chi connectivity index (χ1v) is 5.64. The third-order valence-corrected chi connectivity index (χ3v) is 3.24. The van der Waals surface area contributed by atoms with E-state index in [2.05, 4.69) is 4.98 Å². The van der Waals surface area contributed by atoms with Crippen LogP contribution >= 0.6 is 0 Å². The molecule has 1 aromatic rings. The maximum absolute atomic E-state index is 12.3. The zero-order chi connectivity index (χ0) is 12.7. The number of nitrogens with zero attached hydrogens (tertiary/aromatic N) is 1. The normalized spacial score (nSPS) is 28.2. The van der Waals surface area contributed by atoms with Crippen molar-refractivity contribution >= 4 is 0 Å². The summed E-state index contributed by atoms with van der Waals surface area (Å²) in [5.41, 5.74) is -1.43. The fraction of sp³-hybridized carbons (Fsp3) is 0.583. The predicted molar refractivity (Wildman–Crippen MR) is 56.2 cm³/mol. The van der Waals surface area contributed by atoms with Crippen LogP contribution in [0.25, 0.3) is 0 Å². The van der Waals surface area contributed by atoms with E-state index >= 15 is 0 Å². The molecule has 1 aromatic heterocycles. The van der Waals surface area contributed by atoms with Crippen LogP contribution in [-0.2, 0) is 11.8 Å². The number of alkyl halides is 3. The minimum Gasteiger partial charge on any atom is -0.383 e. The summed E-state index contributed by atoms with van der Waals surface area (Å²) in [4.78, 5) is 3.74. The third kappa shape index (κ3) is 2.29. The molecular formula is C12H14F3NO. The number of pyridine rings is 1. The molecule has 5 heteroatoms. The Morgan fingerprint density at radius 1 is 1.47 bits per heavy atom. The van der Waals surface area contributed by atoms with E-state index in [0.29, 0.717) is 12.1 Å². The lowest BCUT2D eigenvalue weighted by molar-refractivity contribution is -0.137. The largest absolute Gasteiger partial charge is 0.417 e. The molecule has 1 saturated carbocycles. The Morgan fingerprint density at radius 3 is 2.65 bits per heavy atom. The second-order valence-corrected chi connectivity index (χ2v) is 4.54. The molecule has 0 saturated heterocycles. The summed E-state index contributed by atoms with van der Waals surface area (Å²) in [5.74, 6) is 0.136. The van der Waals surface area contributed by atoms with E-state index in [-0.39, 0.29) is 5.92 Å². The summed E-state index contributed by atoms with van der Waals surface area (Å²) in [5, 5.41) is 10.1. The molecule has 1 aliphatic carbocycles. The molecule has 1 heterocycles.